The molecule has 0 amide bonds. The molecule has 2 rings (SSSR count). The minimum Gasteiger partial charge on any atom is -0.249 e. The van der Waals surface area contributed by atoms with Gasteiger partial charge in [0.2, 0.25) is 0 Å². The number of rotatable bonds is 2. The third kappa shape index (κ3) is 1.88. The van der Waals surface area contributed by atoms with E-state index >= 15 is 0 Å². The van der Waals surface area contributed by atoms with E-state index in [9.17, 15) is 0 Å². The zero-order valence-electron chi connectivity index (χ0n) is 8.74. The Labute approximate surface area is 93.7 Å². The van der Waals surface area contributed by atoms with E-state index in [1.165, 1.54) is 0 Å². The van der Waals surface area contributed by atoms with Gasteiger partial charge in [-0.2, -0.15) is 5.10 Å². The van der Waals surface area contributed by atoms with E-state index in [0.29, 0.717) is 5.02 Å². The van der Waals surface area contributed by atoms with E-state index in [1.807, 2.05) is 38.2 Å². The Balaban J connectivity index is 2.54. The molecule has 0 aliphatic heterocycles. The second kappa shape index (κ2) is 4.03. The lowest BCUT2D eigenvalue weighted by molar-refractivity contribution is 0.753. The van der Waals surface area contributed by atoms with Crippen molar-refractivity contribution in [2.45, 2.75) is 13.3 Å². The second-order valence-corrected chi connectivity index (χ2v) is 3.72. The molecule has 0 aliphatic carbocycles. The zero-order valence-corrected chi connectivity index (χ0v) is 9.49. The van der Waals surface area contributed by atoms with Crippen LogP contribution in [0.4, 0.5) is 0 Å². The second-order valence-electron chi connectivity index (χ2n) is 3.31. The van der Waals surface area contributed by atoms with Crippen molar-refractivity contribution in [3.05, 3.63) is 35.1 Å². The Bertz CT molecular complexity index is 476. The third-order valence-corrected chi connectivity index (χ3v) is 2.57. The zero-order chi connectivity index (χ0) is 10.8. The van der Waals surface area contributed by atoms with Gasteiger partial charge in [-0.1, -0.05) is 30.7 Å². The molecule has 0 saturated carbocycles. The Morgan fingerprint density at radius 2 is 2.07 bits per heavy atom. The molecule has 3 nitrogen and oxygen atoms in total. The van der Waals surface area contributed by atoms with Crippen molar-refractivity contribution in [3.63, 3.8) is 0 Å². The lowest BCUT2D eigenvalue weighted by Crippen LogP contribution is -1.94. The summed E-state index contributed by atoms with van der Waals surface area (Å²) >= 11 is 6.10. The predicted molar refractivity (Wildman–Crippen MR) is 60.8 cm³/mol. The summed E-state index contributed by atoms with van der Waals surface area (Å²) < 4.78 is 1.76. The van der Waals surface area contributed by atoms with Gasteiger partial charge >= 0.3 is 0 Å². The van der Waals surface area contributed by atoms with Gasteiger partial charge in [0.25, 0.3) is 0 Å². The molecule has 1 aromatic heterocycles. The number of halogens is 1. The lowest BCUT2D eigenvalue weighted by atomic mass is 10.2. The molecule has 4 heteroatoms. The maximum atomic E-state index is 6.10. The summed E-state index contributed by atoms with van der Waals surface area (Å²) in [7, 11) is 1.88. The molecule has 0 spiro atoms. The van der Waals surface area contributed by atoms with Gasteiger partial charge < -0.3 is 0 Å². The average molecular weight is 222 g/mol. The lowest BCUT2D eigenvalue weighted by Gasteiger charge is -2.01. The van der Waals surface area contributed by atoms with Crippen molar-refractivity contribution in [1.29, 1.82) is 0 Å². The number of aryl methyl sites for hydroxylation is 2. The van der Waals surface area contributed by atoms with Gasteiger partial charge in [0.05, 0.1) is 5.02 Å². The minimum absolute atomic E-state index is 0.704. The normalized spacial score (nSPS) is 10.6. The van der Waals surface area contributed by atoms with Crippen LogP contribution < -0.4 is 0 Å². The molecule has 0 radical (unpaired) electrons. The number of aromatic nitrogens is 3. The largest absolute Gasteiger partial charge is 0.249 e. The van der Waals surface area contributed by atoms with Crippen molar-refractivity contribution in [3.8, 4) is 11.4 Å². The standard InChI is InChI=1S/C11H12ClN3/c1-3-10-13-11(15(2)14-10)8-6-4-5-7-9(8)12/h4-7H,3H2,1-2H3. The van der Waals surface area contributed by atoms with Gasteiger partial charge in [0.15, 0.2) is 11.6 Å². The Morgan fingerprint density at radius 1 is 1.33 bits per heavy atom. The van der Waals surface area contributed by atoms with E-state index in [0.717, 1.165) is 23.6 Å². The molecule has 0 N–H and O–H groups in total. The van der Waals surface area contributed by atoms with Crippen molar-refractivity contribution < 1.29 is 0 Å². The summed E-state index contributed by atoms with van der Waals surface area (Å²) in [6.45, 7) is 2.03. The highest BCUT2D eigenvalue weighted by molar-refractivity contribution is 6.33. The van der Waals surface area contributed by atoms with Crippen molar-refractivity contribution >= 4 is 11.6 Å². The smallest absolute Gasteiger partial charge is 0.159 e. The van der Waals surface area contributed by atoms with Crippen LogP contribution >= 0.6 is 11.6 Å². The fraction of sp³-hybridized carbons (Fsp3) is 0.273. The van der Waals surface area contributed by atoms with Gasteiger partial charge in [0.1, 0.15) is 0 Å². The van der Waals surface area contributed by atoms with Gasteiger partial charge in [0, 0.05) is 19.0 Å². The first-order valence-electron chi connectivity index (χ1n) is 4.87. The first-order chi connectivity index (χ1) is 7.22. The number of hydrogen-bond acceptors (Lipinski definition) is 2. The van der Waals surface area contributed by atoms with Crippen LogP contribution in [0.25, 0.3) is 11.4 Å². The number of nitrogens with zero attached hydrogens (tertiary/aromatic N) is 3. The monoisotopic (exact) mass is 221 g/mol. The molecule has 2 aromatic rings. The van der Waals surface area contributed by atoms with E-state index in [1.54, 1.807) is 4.68 Å². The highest BCUT2D eigenvalue weighted by Gasteiger charge is 2.10. The minimum atomic E-state index is 0.704. The molecule has 0 atom stereocenters. The van der Waals surface area contributed by atoms with E-state index in [4.69, 9.17) is 11.6 Å². The highest BCUT2D eigenvalue weighted by atomic mass is 35.5. The maximum Gasteiger partial charge on any atom is 0.159 e. The Hall–Kier alpha value is -1.35. The molecular weight excluding hydrogens is 210 g/mol. The number of hydrogen-bond donors (Lipinski definition) is 0. The van der Waals surface area contributed by atoms with Crippen LogP contribution in [-0.4, -0.2) is 14.8 Å². The van der Waals surface area contributed by atoms with Crippen molar-refractivity contribution in [2.24, 2.45) is 7.05 Å². The Kier molecular flexibility index (Phi) is 2.73. The SMILES string of the molecule is CCc1nc(-c2ccccc2Cl)n(C)n1. The van der Waals surface area contributed by atoms with E-state index in [2.05, 4.69) is 10.1 Å². The molecule has 0 fully saturated rings. The van der Waals surface area contributed by atoms with Crippen LogP contribution in [0, 0.1) is 0 Å². The van der Waals surface area contributed by atoms with Crippen molar-refractivity contribution in [2.75, 3.05) is 0 Å². The summed E-state index contributed by atoms with van der Waals surface area (Å²) in [4.78, 5) is 4.43. The van der Waals surface area contributed by atoms with Crippen LogP contribution in [0.3, 0.4) is 0 Å². The molecule has 78 valence electrons. The fourth-order valence-electron chi connectivity index (χ4n) is 1.46. The highest BCUT2D eigenvalue weighted by Crippen LogP contribution is 2.25. The molecule has 0 bridgehead atoms. The van der Waals surface area contributed by atoms with Crippen LogP contribution in [0.15, 0.2) is 24.3 Å². The van der Waals surface area contributed by atoms with Gasteiger partial charge in [-0.25, -0.2) is 9.67 Å². The van der Waals surface area contributed by atoms with Crippen molar-refractivity contribution in [1.82, 2.24) is 14.8 Å². The molecule has 15 heavy (non-hydrogen) atoms. The summed E-state index contributed by atoms with van der Waals surface area (Å²) in [6.07, 6.45) is 0.832. The van der Waals surface area contributed by atoms with E-state index < -0.39 is 0 Å². The van der Waals surface area contributed by atoms with Gasteiger partial charge in [-0.3, -0.25) is 0 Å². The van der Waals surface area contributed by atoms with Gasteiger partial charge in [-0.15, -0.1) is 0 Å². The number of benzene rings is 1. The fourth-order valence-corrected chi connectivity index (χ4v) is 1.68. The third-order valence-electron chi connectivity index (χ3n) is 2.24. The quantitative estimate of drug-likeness (QED) is 0.781. The summed E-state index contributed by atoms with van der Waals surface area (Å²) in [5.74, 6) is 1.66. The summed E-state index contributed by atoms with van der Waals surface area (Å²) in [5.41, 5.74) is 0.925. The first-order valence-corrected chi connectivity index (χ1v) is 5.25. The van der Waals surface area contributed by atoms with Crippen LogP contribution in [-0.2, 0) is 13.5 Å². The summed E-state index contributed by atoms with van der Waals surface area (Å²) in [6, 6.07) is 7.66. The predicted octanol–water partition coefficient (Wildman–Crippen LogP) is 2.70. The van der Waals surface area contributed by atoms with Crippen LogP contribution in [0.5, 0.6) is 0 Å². The topological polar surface area (TPSA) is 30.7 Å². The summed E-state index contributed by atoms with van der Waals surface area (Å²) in [5, 5.41) is 5.00. The average Bonchev–Trinajstić information content (AvgIpc) is 2.60. The molecule has 1 heterocycles. The maximum absolute atomic E-state index is 6.10. The van der Waals surface area contributed by atoms with Crippen LogP contribution in [0.1, 0.15) is 12.7 Å². The Morgan fingerprint density at radius 3 is 2.67 bits per heavy atom. The molecular formula is C11H12ClN3. The molecule has 0 aliphatic rings. The molecule has 0 unspecified atom stereocenters. The van der Waals surface area contributed by atoms with Crippen LogP contribution in [0.2, 0.25) is 5.02 Å². The van der Waals surface area contributed by atoms with Gasteiger partial charge in [-0.05, 0) is 12.1 Å². The van der Waals surface area contributed by atoms with E-state index in [-0.39, 0.29) is 0 Å². The first kappa shape index (κ1) is 10.2. The molecule has 0 saturated heterocycles. The molecule has 1 aromatic carbocycles.